The second-order valence-electron chi connectivity index (χ2n) is 7.29. The number of amides is 1. The van der Waals surface area contributed by atoms with Crippen molar-refractivity contribution in [3.05, 3.63) is 52.7 Å². The lowest BCUT2D eigenvalue weighted by Crippen LogP contribution is -2.30. The number of hydrogen-bond acceptors (Lipinski definition) is 5. The van der Waals surface area contributed by atoms with Crippen LogP contribution in [0.1, 0.15) is 34.1 Å². The molecule has 158 valence electrons. The Morgan fingerprint density at radius 1 is 0.967 bits per heavy atom. The van der Waals surface area contributed by atoms with E-state index in [0.717, 1.165) is 27.8 Å². The van der Waals surface area contributed by atoms with Gasteiger partial charge in [0, 0.05) is 17.1 Å². The normalized spacial score (nSPS) is 11.8. The Balaban J connectivity index is 1.76. The highest BCUT2D eigenvalue weighted by molar-refractivity contribution is 6.00. The van der Waals surface area contributed by atoms with Gasteiger partial charge in [-0.3, -0.25) is 4.79 Å². The molecule has 0 fully saturated rings. The number of H-pyrrole nitrogens is 1. The van der Waals surface area contributed by atoms with E-state index in [1.54, 1.807) is 32.2 Å². The summed E-state index contributed by atoms with van der Waals surface area (Å²) in [5.74, 6) is 0.121. The van der Waals surface area contributed by atoms with E-state index < -0.39 is 18.0 Å². The molecule has 0 aliphatic rings. The van der Waals surface area contributed by atoms with Crippen molar-refractivity contribution in [2.24, 2.45) is 0 Å². The summed E-state index contributed by atoms with van der Waals surface area (Å²) in [6.07, 6.45) is -0.972. The van der Waals surface area contributed by atoms with Gasteiger partial charge in [-0.05, 0) is 51.0 Å². The Bertz CT molecular complexity index is 1090. The van der Waals surface area contributed by atoms with Crippen LogP contribution in [0.4, 0.5) is 5.69 Å². The maximum atomic E-state index is 12.6. The molecule has 0 bridgehead atoms. The number of methoxy groups -OCH3 is 2. The third-order valence-corrected chi connectivity index (χ3v) is 4.92. The molecular formula is C23H26N2O5. The Morgan fingerprint density at radius 2 is 1.63 bits per heavy atom. The Labute approximate surface area is 175 Å². The zero-order chi connectivity index (χ0) is 22.0. The van der Waals surface area contributed by atoms with Crippen LogP contribution in [-0.2, 0) is 9.53 Å². The van der Waals surface area contributed by atoms with Gasteiger partial charge in [0.2, 0.25) is 0 Å². The van der Waals surface area contributed by atoms with Crippen molar-refractivity contribution in [1.29, 1.82) is 0 Å². The molecule has 7 heteroatoms. The van der Waals surface area contributed by atoms with E-state index in [0.29, 0.717) is 17.0 Å². The lowest BCUT2D eigenvalue weighted by Gasteiger charge is -2.16. The van der Waals surface area contributed by atoms with Crippen LogP contribution in [0.15, 0.2) is 30.3 Å². The molecule has 1 atom stereocenters. The minimum Gasteiger partial charge on any atom is -0.497 e. The molecule has 7 nitrogen and oxygen atoms in total. The number of aryl methyl sites for hydroxylation is 3. The fraction of sp³-hybridized carbons (Fsp3) is 0.304. The molecule has 2 aromatic carbocycles. The number of rotatable bonds is 6. The fourth-order valence-corrected chi connectivity index (χ4v) is 3.45. The Hall–Kier alpha value is -3.48. The van der Waals surface area contributed by atoms with Crippen LogP contribution in [0.25, 0.3) is 10.9 Å². The number of anilines is 1. The van der Waals surface area contributed by atoms with E-state index in [2.05, 4.69) is 10.3 Å². The average molecular weight is 410 g/mol. The summed E-state index contributed by atoms with van der Waals surface area (Å²) in [5, 5.41) is 3.60. The van der Waals surface area contributed by atoms with Gasteiger partial charge in [-0.2, -0.15) is 0 Å². The number of nitrogens with one attached hydrogen (secondary N) is 2. The largest absolute Gasteiger partial charge is 0.497 e. The smallest absolute Gasteiger partial charge is 0.355 e. The summed E-state index contributed by atoms with van der Waals surface area (Å²) in [6.45, 7) is 7.40. The summed E-state index contributed by atoms with van der Waals surface area (Å²) in [5.41, 5.74) is 4.63. The van der Waals surface area contributed by atoms with E-state index in [1.165, 1.54) is 7.11 Å². The van der Waals surface area contributed by atoms with Gasteiger partial charge in [0.15, 0.2) is 6.10 Å². The monoisotopic (exact) mass is 410 g/mol. The summed E-state index contributed by atoms with van der Waals surface area (Å²) in [4.78, 5) is 28.2. The van der Waals surface area contributed by atoms with Gasteiger partial charge in [0.25, 0.3) is 5.91 Å². The fourth-order valence-electron chi connectivity index (χ4n) is 3.45. The van der Waals surface area contributed by atoms with Crippen molar-refractivity contribution in [2.75, 3.05) is 19.5 Å². The number of aromatic amines is 1. The molecule has 1 amide bonds. The molecule has 0 spiro atoms. The maximum absolute atomic E-state index is 12.6. The number of aromatic nitrogens is 1. The third kappa shape index (κ3) is 4.25. The van der Waals surface area contributed by atoms with Crippen LogP contribution < -0.4 is 14.8 Å². The molecular weight excluding hydrogens is 384 g/mol. The molecule has 0 saturated heterocycles. The molecule has 0 aliphatic carbocycles. The first-order valence-electron chi connectivity index (χ1n) is 9.58. The molecule has 1 unspecified atom stereocenters. The van der Waals surface area contributed by atoms with E-state index in [9.17, 15) is 9.59 Å². The molecule has 1 heterocycles. The number of carbonyl (C=O) groups excluding carboxylic acids is 2. The Morgan fingerprint density at radius 3 is 2.23 bits per heavy atom. The average Bonchev–Trinajstić information content (AvgIpc) is 3.13. The topological polar surface area (TPSA) is 89.7 Å². The molecule has 0 aliphatic heterocycles. The van der Waals surface area contributed by atoms with E-state index in [1.807, 2.05) is 32.9 Å². The van der Waals surface area contributed by atoms with Crippen molar-refractivity contribution < 1.29 is 23.8 Å². The first kappa shape index (κ1) is 21.2. The zero-order valence-electron chi connectivity index (χ0n) is 18.0. The summed E-state index contributed by atoms with van der Waals surface area (Å²) < 4.78 is 16.0. The second-order valence-corrected chi connectivity index (χ2v) is 7.29. The second kappa shape index (κ2) is 8.49. The maximum Gasteiger partial charge on any atom is 0.355 e. The lowest BCUT2D eigenvalue weighted by atomic mass is 10.0. The number of esters is 1. The zero-order valence-corrected chi connectivity index (χ0v) is 18.0. The lowest BCUT2D eigenvalue weighted by molar-refractivity contribution is -0.123. The van der Waals surface area contributed by atoms with Crippen molar-refractivity contribution >= 4 is 28.5 Å². The van der Waals surface area contributed by atoms with Crippen LogP contribution in [0.2, 0.25) is 0 Å². The van der Waals surface area contributed by atoms with Crippen molar-refractivity contribution in [2.45, 2.75) is 33.8 Å². The van der Waals surface area contributed by atoms with Crippen molar-refractivity contribution in [3.8, 4) is 11.5 Å². The van der Waals surface area contributed by atoms with Gasteiger partial charge in [-0.25, -0.2) is 4.79 Å². The molecule has 0 saturated carbocycles. The van der Waals surface area contributed by atoms with Crippen molar-refractivity contribution in [1.82, 2.24) is 4.98 Å². The number of ether oxygens (including phenoxy) is 3. The van der Waals surface area contributed by atoms with Crippen LogP contribution in [0.5, 0.6) is 11.5 Å². The van der Waals surface area contributed by atoms with Gasteiger partial charge < -0.3 is 24.5 Å². The van der Waals surface area contributed by atoms with Crippen LogP contribution in [0, 0.1) is 20.8 Å². The number of carbonyl (C=O) groups is 2. The highest BCUT2D eigenvalue weighted by Crippen LogP contribution is 2.31. The molecule has 0 radical (unpaired) electrons. The van der Waals surface area contributed by atoms with E-state index >= 15 is 0 Å². The molecule has 2 N–H and O–H groups in total. The molecule has 3 aromatic rings. The number of hydrogen-bond donors (Lipinski definition) is 2. The summed E-state index contributed by atoms with van der Waals surface area (Å²) >= 11 is 0. The van der Waals surface area contributed by atoms with Gasteiger partial charge >= 0.3 is 5.97 Å². The summed E-state index contributed by atoms with van der Waals surface area (Å²) in [7, 11) is 3.09. The van der Waals surface area contributed by atoms with Crippen LogP contribution in [-0.4, -0.2) is 37.2 Å². The van der Waals surface area contributed by atoms with Gasteiger partial charge in [-0.15, -0.1) is 0 Å². The predicted molar refractivity (Wildman–Crippen MR) is 116 cm³/mol. The molecule has 30 heavy (non-hydrogen) atoms. The van der Waals surface area contributed by atoms with Gasteiger partial charge in [-0.1, -0.05) is 17.7 Å². The van der Waals surface area contributed by atoms with Gasteiger partial charge in [0.1, 0.15) is 17.2 Å². The SMILES string of the molecule is COc1cc(OC)c2[nH]c(C(=O)OC(C)C(=O)Nc3c(C)cc(C)cc3C)cc2c1. The first-order chi connectivity index (χ1) is 14.2. The standard InChI is InChI=1S/C23H26N2O5/c1-12-7-13(2)20(14(3)8-12)25-22(26)15(4)30-23(27)18-10-16-9-17(28-5)11-19(29-6)21(16)24-18/h7-11,15,24H,1-6H3,(H,25,26). The van der Waals surface area contributed by atoms with E-state index in [-0.39, 0.29) is 5.69 Å². The minimum absolute atomic E-state index is 0.221. The van der Waals surface area contributed by atoms with Crippen molar-refractivity contribution in [3.63, 3.8) is 0 Å². The quantitative estimate of drug-likeness (QED) is 0.592. The van der Waals surface area contributed by atoms with Crippen LogP contribution in [0.3, 0.4) is 0 Å². The summed E-state index contributed by atoms with van der Waals surface area (Å²) in [6, 6.07) is 9.12. The molecule has 3 rings (SSSR count). The number of benzene rings is 2. The van der Waals surface area contributed by atoms with Crippen LogP contribution >= 0.6 is 0 Å². The minimum atomic E-state index is -0.972. The Kier molecular flexibility index (Phi) is 6.01. The van der Waals surface area contributed by atoms with E-state index in [4.69, 9.17) is 14.2 Å². The highest BCUT2D eigenvalue weighted by Gasteiger charge is 2.22. The van der Waals surface area contributed by atoms with Gasteiger partial charge in [0.05, 0.1) is 19.7 Å². The number of fused-ring (bicyclic) bond motifs is 1. The highest BCUT2D eigenvalue weighted by atomic mass is 16.5. The third-order valence-electron chi connectivity index (χ3n) is 4.92. The first-order valence-corrected chi connectivity index (χ1v) is 9.58. The predicted octanol–water partition coefficient (Wildman–Crippen LogP) is 4.29. The molecule has 1 aromatic heterocycles.